The lowest BCUT2D eigenvalue weighted by molar-refractivity contribution is -0.385. The van der Waals surface area contributed by atoms with Crippen LogP contribution in [0.1, 0.15) is 11.1 Å². The van der Waals surface area contributed by atoms with Gasteiger partial charge in [0.25, 0.3) is 5.69 Å². The van der Waals surface area contributed by atoms with Crippen molar-refractivity contribution in [2.45, 2.75) is 12.8 Å². The van der Waals surface area contributed by atoms with Gasteiger partial charge in [-0.15, -0.1) is 0 Å². The lowest BCUT2D eigenvalue weighted by Gasteiger charge is -2.11. The first kappa shape index (κ1) is 19.2. The van der Waals surface area contributed by atoms with Gasteiger partial charge in [-0.25, -0.2) is 0 Å². The fourth-order valence-electron chi connectivity index (χ4n) is 3.13. The van der Waals surface area contributed by atoms with Gasteiger partial charge in [0.05, 0.1) is 31.6 Å². The van der Waals surface area contributed by atoms with Crippen LogP contribution in [0.4, 0.5) is 5.69 Å². The van der Waals surface area contributed by atoms with E-state index < -0.39 is 4.92 Å². The molecule has 1 heterocycles. The van der Waals surface area contributed by atoms with Crippen LogP contribution in [0.5, 0.6) is 11.5 Å². The molecule has 28 heavy (non-hydrogen) atoms. The highest BCUT2D eigenvalue weighted by atomic mass is 16.6. The molecule has 0 radical (unpaired) electrons. The molecule has 0 spiro atoms. The Morgan fingerprint density at radius 2 is 1.86 bits per heavy atom. The van der Waals surface area contributed by atoms with E-state index in [1.165, 1.54) is 20.3 Å². The number of hydrogen-bond donors (Lipinski definition) is 2. The quantitative estimate of drug-likeness (QED) is 0.459. The fourth-order valence-corrected chi connectivity index (χ4v) is 3.13. The number of hydrogen-bond acceptors (Lipinski definition) is 5. The molecule has 2 N–H and O–H groups in total. The molecule has 0 aliphatic rings. The minimum atomic E-state index is -0.467. The van der Waals surface area contributed by atoms with Crippen LogP contribution in [0.15, 0.2) is 42.6 Å². The third-order valence-electron chi connectivity index (χ3n) is 4.52. The van der Waals surface area contributed by atoms with Crippen molar-refractivity contribution in [1.29, 1.82) is 0 Å². The van der Waals surface area contributed by atoms with Crippen molar-refractivity contribution in [3.05, 3.63) is 63.8 Å². The Bertz CT molecular complexity index is 1010. The third-order valence-corrected chi connectivity index (χ3v) is 4.52. The number of methoxy groups -OCH3 is 2. The number of para-hydroxylation sites is 1. The largest absolute Gasteiger partial charge is 0.493 e. The smallest absolute Gasteiger partial charge is 0.276 e. The number of amides is 1. The van der Waals surface area contributed by atoms with Crippen LogP contribution in [0.25, 0.3) is 10.9 Å². The molecule has 0 saturated carbocycles. The van der Waals surface area contributed by atoms with Gasteiger partial charge < -0.3 is 19.8 Å². The first-order valence-corrected chi connectivity index (χ1v) is 8.74. The maximum absolute atomic E-state index is 12.3. The molecule has 1 amide bonds. The molecule has 8 nitrogen and oxygen atoms in total. The number of rotatable bonds is 8. The van der Waals surface area contributed by atoms with Gasteiger partial charge in [-0.2, -0.15) is 0 Å². The lowest BCUT2D eigenvalue weighted by atomic mass is 10.1. The van der Waals surface area contributed by atoms with Crippen molar-refractivity contribution < 1.29 is 19.2 Å². The SMILES string of the molecule is COc1cc(CCNC(=O)Cc2c[nH]c3ccccc23)c([N+](=O)[O-])cc1OC. The highest BCUT2D eigenvalue weighted by Crippen LogP contribution is 2.34. The molecular weight excluding hydrogens is 362 g/mol. The summed E-state index contributed by atoms with van der Waals surface area (Å²) in [4.78, 5) is 26.3. The van der Waals surface area contributed by atoms with E-state index in [-0.39, 0.29) is 24.6 Å². The number of nitrogens with one attached hydrogen (secondary N) is 2. The molecule has 0 unspecified atom stereocenters. The molecule has 3 rings (SSSR count). The van der Waals surface area contributed by atoms with E-state index in [0.29, 0.717) is 23.5 Å². The highest BCUT2D eigenvalue weighted by Gasteiger charge is 2.19. The zero-order chi connectivity index (χ0) is 20.1. The van der Waals surface area contributed by atoms with E-state index in [4.69, 9.17) is 9.47 Å². The van der Waals surface area contributed by atoms with E-state index in [9.17, 15) is 14.9 Å². The van der Waals surface area contributed by atoms with Gasteiger partial charge in [-0.05, 0) is 24.1 Å². The number of nitro groups is 1. The number of nitrogens with zero attached hydrogens (tertiary/aromatic N) is 1. The van der Waals surface area contributed by atoms with Crippen molar-refractivity contribution in [3.8, 4) is 11.5 Å². The maximum atomic E-state index is 12.3. The van der Waals surface area contributed by atoms with Crippen LogP contribution < -0.4 is 14.8 Å². The van der Waals surface area contributed by atoms with Crippen LogP contribution in [0.3, 0.4) is 0 Å². The zero-order valence-corrected chi connectivity index (χ0v) is 15.7. The van der Waals surface area contributed by atoms with E-state index in [1.54, 1.807) is 6.07 Å². The van der Waals surface area contributed by atoms with Gasteiger partial charge >= 0.3 is 0 Å². The van der Waals surface area contributed by atoms with E-state index in [2.05, 4.69) is 10.3 Å². The van der Waals surface area contributed by atoms with Gasteiger partial charge in [-0.3, -0.25) is 14.9 Å². The summed E-state index contributed by atoms with van der Waals surface area (Å²) in [6.45, 7) is 0.275. The summed E-state index contributed by atoms with van der Waals surface area (Å²) < 4.78 is 10.3. The standard InChI is InChI=1S/C20H21N3O5/c1-27-18-9-13(17(23(25)26)11-19(18)28-2)7-8-21-20(24)10-14-12-22-16-6-4-3-5-15(14)16/h3-6,9,11-12,22H,7-8,10H2,1-2H3,(H,21,24). The number of carbonyl (C=O) groups is 1. The summed E-state index contributed by atoms with van der Waals surface area (Å²) >= 11 is 0. The lowest BCUT2D eigenvalue weighted by Crippen LogP contribution is -2.27. The average molecular weight is 383 g/mol. The topological polar surface area (TPSA) is 106 Å². The van der Waals surface area contributed by atoms with E-state index in [1.807, 2.05) is 30.5 Å². The summed E-state index contributed by atoms with van der Waals surface area (Å²) in [5.74, 6) is 0.558. The first-order valence-electron chi connectivity index (χ1n) is 8.74. The van der Waals surface area contributed by atoms with Gasteiger partial charge in [0.15, 0.2) is 11.5 Å². The molecule has 2 aromatic carbocycles. The van der Waals surface area contributed by atoms with Crippen LogP contribution in [-0.4, -0.2) is 36.6 Å². The number of aromatic nitrogens is 1. The molecule has 0 aliphatic heterocycles. The Hall–Kier alpha value is -3.55. The number of aromatic amines is 1. The van der Waals surface area contributed by atoms with E-state index >= 15 is 0 Å². The van der Waals surface area contributed by atoms with Crippen molar-refractivity contribution in [2.75, 3.05) is 20.8 Å². The predicted octanol–water partition coefficient (Wildman–Crippen LogP) is 2.99. The Balaban J connectivity index is 1.65. The summed E-state index contributed by atoms with van der Waals surface area (Å²) in [6.07, 6.45) is 2.36. The number of ether oxygens (including phenoxy) is 2. The number of H-pyrrole nitrogens is 1. The van der Waals surface area contributed by atoms with Gasteiger partial charge in [0.2, 0.25) is 5.91 Å². The minimum absolute atomic E-state index is 0.0662. The molecule has 3 aromatic rings. The second-order valence-corrected chi connectivity index (χ2v) is 6.23. The Kier molecular flexibility index (Phi) is 5.78. The molecule has 0 atom stereocenters. The van der Waals surface area contributed by atoms with Crippen molar-refractivity contribution in [1.82, 2.24) is 10.3 Å². The first-order chi connectivity index (χ1) is 13.5. The summed E-state index contributed by atoms with van der Waals surface area (Å²) in [7, 11) is 2.89. The fraction of sp³-hybridized carbons (Fsp3) is 0.250. The predicted molar refractivity (Wildman–Crippen MR) is 105 cm³/mol. The van der Waals surface area contributed by atoms with Crippen LogP contribution in [-0.2, 0) is 17.6 Å². The maximum Gasteiger partial charge on any atom is 0.276 e. The van der Waals surface area contributed by atoms with Crippen LogP contribution >= 0.6 is 0 Å². The molecule has 1 aromatic heterocycles. The molecule has 8 heteroatoms. The Morgan fingerprint density at radius 3 is 2.57 bits per heavy atom. The van der Waals surface area contributed by atoms with Crippen LogP contribution in [0.2, 0.25) is 0 Å². The monoisotopic (exact) mass is 383 g/mol. The van der Waals surface area contributed by atoms with Crippen molar-refractivity contribution in [3.63, 3.8) is 0 Å². The normalized spacial score (nSPS) is 10.6. The Labute approximate surface area is 161 Å². The van der Waals surface area contributed by atoms with Gasteiger partial charge in [0.1, 0.15) is 0 Å². The average Bonchev–Trinajstić information content (AvgIpc) is 3.10. The molecule has 146 valence electrons. The Morgan fingerprint density at radius 1 is 1.14 bits per heavy atom. The highest BCUT2D eigenvalue weighted by molar-refractivity contribution is 5.88. The summed E-state index contributed by atoms with van der Waals surface area (Å²) in [5, 5.41) is 15.2. The number of fused-ring (bicyclic) bond motifs is 1. The summed E-state index contributed by atoms with van der Waals surface area (Å²) in [5.41, 5.74) is 2.29. The zero-order valence-electron chi connectivity index (χ0n) is 15.7. The second kappa shape index (κ2) is 8.43. The van der Waals surface area contributed by atoms with Crippen molar-refractivity contribution in [2.24, 2.45) is 0 Å². The number of benzene rings is 2. The van der Waals surface area contributed by atoms with Crippen LogP contribution in [0, 0.1) is 10.1 Å². The van der Waals surface area contributed by atoms with E-state index in [0.717, 1.165) is 16.5 Å². The number of carbonyl (C=O) groups excluding carboxylic acids is 1. The third kappa shape index (κ3) is 4.06. The molecule has 0 fully saturated rings. The molecular formula is C20H21N3O5. The number of nitro benzene ring substituents is 1. The van der Waals surface area contributed by atoms with Crippen molar-refractivity contribution >= 4 is 22.5 Å². The van der Waals surface area contributed by atoms with Gasteiger partial charge in [-0.1, -0.05) is 18.2 Å². The molecule has 0 aliphatic carbocycles. The minimum Gasteiger partial charge on any atom is -0.493 e. The second-order valence-electron chi connectivity index (χ2n) is 6.23. The van der Waals surface area contributed by atoms with Gasteiger partial charge in [0, 0.05) is 29.2 Å². The summed E-state index contributed by atoms with van der Waals surface area (Å²) in [6, 6.07) is 10.7. The molecule has 0 bridgehead atoms. The molecule has 0 saturated heterocycles.